The number of para-hydroxylation sites is 1. The third-order valence-corrected chi connectivity index (χ3v) is 4.16. The number of ether oxygens (including phenoxy) is 1. The molecule has 1 N–H and O–H groups in total. The van der Waals surface area contributed by atoms with Crippen LogP contribution < -0.4 is 10.1 Å². The Bertz CT molecular complexity index is 990. The van der Waals surface area contributed by atoms with Gasteiger partial charge in [-0.1, -0.05) is 31.1 Å². The van der Waals surface area contributed by atoms with E-state index in [-0.39, 0.29) is 11.8 Å². The van der Waals surface area contributed by atoms with Crippen LogP contribution in [0.1, 0.15) is 31.3 Å². The van der Waals surface area contributed by atoms with Crippen molar-refractivity contribution in [3.63, 3.8) is 0 Å². The zero-order valence-corrected chi connectivity index (χ0v) is 16.2. The predicted molar refractivity (Wildman–Crippen MR) is 100 cm³/mol. The highest BCUT2D eigenvalue weighted by molar-refractivity contribution is 5.78. The molecule has 0 spiro atoms. The summed E-state index contributed by atoms with van der Waals surface area (Å²) in [7, 11) is 0. The molecule has 1 aromatic carbocycles. The minimum atomic E-state index is -4.58. The fourth-order valence-corrected chi connectivity index (χ4v) is 2.67. The first-order chi connectivity index (χ1) is 14.3. The van der Waals surface area contributed by atoms with E-state index in [0.29, 0.717) is 11.4 Å². The molecule has 0 fully saturated rings. The van der Waals surface area contributed by atoms with Crippen LogP contribution in [-0.4, -0.2) is 27.6 Å². The van der Waals surface area contributed by atoms with E-state index in [2.05, 4.69) is 20.4 Å². The maximum Gasteiger partial charge on any atom is 0.419 e. The number of pyridine rings is 1. The molecular weight excluding hydrogens is 401 g/mol. The number of amides is 1. The van der Waals surface area contributed by atoms with Gasteiger partial charge in [0.05, 0.1) is 5.56 Å². The minimum absolute atomic E-state index is 0.126. The predicted octanol–water partition coefficient (Wildman–Crippen LogP) is 4.04. The molecule has 1 unspecified atom stereocenters. The van der Waals surface area contributed by atoms with Gasteiger partial charge in [0.1, 0.15) is 11.8 Å². The first-order valence-corrected chi connectivity index (χ1v) is 9.08. The van der Waals surface area contributed by atoms with Gasteiger partial charge >= 0.3 is 6.18 Å². The Hall–Kier alpha value is -3.43. The lowest BCUT2D eigenvalue weighted by Gasteiger charge is -2.19. The topological polar surface area (TPSA) is 90.1 Å². The van der Waals surface area contributed by atoms with Gasteiger partial charge < -0.3 is 14.6 Å². The molecule has 0 saturated heterocycles. The van der Waals surface area contributed by atoms with Crippen LogP contribution in [-0.2, 0) is 11.0 Å². The molecule has 10 heteroatoms. The fraction of sp³-hybridized carbons (Fsp3) is 0.300. The third kappa shape index (κ3) is 5.13. The number of carbonyl (C=O) groups excluding carboxylic acids is 1. The molecule has 0 aliphatic rings. The Morgan fingerprint density at radius 2 is 1.97 bits per heavy atom. The van der Waals surface area contributed by atoms with Crippen molar-refractivity contribution < 1.29 is 27.2 Å². The molecule has 1 atom stereocenters. The molecule has 3 rings (SSSR count). The Morgan fingerprint density at radius 3 is 2.63 bits per heavy atom. The van der Waals surface area contributed by atoms with Crippen LogP contribution in [0.4, 0.5) is 13.2 Å². The summed E-state index contributed by atoms with van der Waals surface area (Å²) in [6.07, 6.45) is -1.40. The molecule has 0 bridgehead atoms. The highest BCUT2D eigenvalue weighted by atomic mass is 19.4. The van der Waals surface area contributed by atoms with Crippen LogP contribution in [0, 0.1) is 5.92 Å². The number of halogens is 3. The number of aromatic nitrogens is 3. The van der Waals surface area contributed by atoms with Gasteiger partial charge in [0, 0.05) is 18.0 Å². The summed E-state index contributed by atoms with van der Waals surface area (Å²) >= 11 is 0. The molecule has 0 saturated carbocycles. The number of carbonyl (C=O) groups is 1. The lowest BCUT2D eigenvalue weighted by atomic mass is 10.0. The molecule has 0 aliphatic heterocycles. The van der Waals surface area contributed by atoms with Gasteiger partial charge in [-0.15, -0.1) is 0 Å². The number of alkyl halides is 3. The monoisotopic (exact) mass is 420 g/mol. The molecule has 0 radical (unpaired) electrons. The van der Waals surface area contributed by atoms with Crippen molar-refractivity contribution in [2.24, 2.45) is 5.92 Å². The maximum atomic E-state index is 13.0. The molecule has 0 aliphatic carbocycles. The number of rotatable bonds is 7. The average molecular weight is 420 g/mol. The second-order valence-electron chi connectivity index (χ2n) is 6.77. The van der Waals surface area contributed by atoms with Crippen molar-refractivity contribution in [2.45, 2.75) is 26.1 Å². The van der Waals surface area contributed by atoms with Gasteiger partial charge in [-0.25, -0.2) is 0 Å². The summed E-state index contributed by atoms with van der Waals surface area (Å²) in [4.78, 5) is 20.6. The van der Waals surface area contributed by atoms with Crippen LogP contribution in [0.5, 0.6) is 5.75 Å². The summed E-state index contributed by atoms with van der Waals surface area (Å²) in [5, 5.41) is 6.56. The minimum Gasteiger partial charge on any atom is -0.483 e. The maximum absolute atomic E-state index is 13.0. The Morgan fingerprint density at radius 1 is 1.20 bits per heavy atom. The second-order valence-corrected chi connectivity index (χ2v) is 6.77. The van der Waals surface area contributed by atoms with Gasteiger partial charge in [-0.2, -0.15) is 18.2 Å². The number of hydrogen-bond donors (Lipinski definition) is 1. The van der Waals surface area contributed by atoms with Crippen LogP contribution in [0.3, 0.4) is 0 Å². The lowest BCUT2D eigenvalue weighted by molar-refractivity contribution is -0.139. The largest absolute Gasteiger partial charge is 0.483 e. The number of benzene rings is 1. The number of nitrogens with zero attached hydrogens (tertiary/aromatic N) is 3. The molecule has 3 aromatic rings. The molecule has 2 heterocycles. The van der Waals surface area contributed by atoms with Crippen molar-refractivity contribution in [3.8, 4) is 17.1 Å². The first kappa shape index (κ1) is 21.3. The van der Waals surface area contributed by atoms with E-state index >= 15 is 0 Å². The molecule has 30 heavy (non-hydrogen) atoms. The fourth-order valence-electron chi connectivity index (χ4n) is 2.67. The zero-order chi connectivity index (χ0) is 21.7. The molecule has 2 aromatic heterocycles. The van der Waals surface area contributed by atoms with E-state index in [9.17, 15) is 18.0 Å². The van der Waals surface area contributed by atoms with E-state index in [4.69, 9.17) is 9.26 Å². The highest BCUT2D eigenvalue weighted by Crippen LogP contribution is 2.35. The lowest BCUT2D eigenvalue weighted by Crippen LogP contribution is -2.35. The molecule has 158 valence electrons. The summed E-state index contributed by atoms with van der Waals surface area (Å²) < 4.78 is 49.5. The van der Waals surface area contributed by atoms with Crippen molar-refractivity contribution in [1.82, 2.24) is 20.4 Å². The Labute approximate surface area is 170 Å². The van der Waals surface area contributed by atoms with Gasteiger partial charge in [0.25, 0.3) is 5.91 Å². The van der Waals surface area contributed by atoms with Gasteiger partial charge in [0.15, 0.2) is 6.61 Å². The quantitative estimate of drug-likeness (QED) is 0.620. The zero-order valence-electron chi connectivity index (χ0n) is 16.2. The summed E-state index contributed by atoms with van der Waals surface area (Å²) in [6.45, 7) is 3.07. The average Bonchev–Trinajstić information content (AvgIpc) is 3.20. The standard InChI is InChI=1S/C20H19F3N4O3/c1-12(2)17(19-26-18(27-30-19)13-6-5-9-24-10-13)25-16(28)11-29-15-8-4-3-7-14(15)20(21,22)23/h3-10,12,17H,11H2,1-2H3,(H,25,28). The number of nitrogens with one attached hydrogen (secondary N) is 1. The van der Waals surface area contributed by atoms with Crippen molar-refractivity contribution in [2.75, 3.05) is 6.61 Å². The van der Waals surface area contributed by atoms with E-state index in [1.54, 1.807) is 24.5 Å². The summed E-state index contributed by atoms with van der Waals surface area (Å²) in [6, 6.07) is 7.55. The van der Waals surface area contributed by atoms with E-state index < -0.39 is 36.0 Å². The van der Waals surface area contributed by atoms with Crippen LogP contribution in [0.2, 0.25) is 0 Å². The summed E-state index contributed by atoms with van der Waals surface area (Å²) in [5.41, 5.74) is -0.301. The molecule has 7 nitrogen and oxygen atoms in total. The Kier molecular flexibility index (Phi) is 6.34. The van der Waals surface area contributed by atoms with Crippen molar-refractivity contribution in [1.29, 1.82) is 0 Å². The van der Waals surface area contributed by atoms with Crippen LogP contribution in [0.15, 0.2) is 53.3 Å². The third-order valence-electron chi connectivity index (χ3n) is 4.16. The smallest absolute Gasteiger partial charge is 0.419 e. The molecular formula is C20H19F3N4O3. The van der Waals surface area contributed by atoms with Gasteiger partial charge in [-0.05, 0) is 30.2 Å². The van der Waals surface area contributed by atoms with Crippen LogP contribution in [0.25, 0.3) is 11.4 Å². The summed E-state index contributed by atoms with van der Waals surface area (Å²) in [5.74, 6) is -0.676. The highest BCUT2D eigenvalue weighted by Gasteiger charge is 2.34. The molecule has 1 amide bonds. The van der Waals surface area contributed by atoms with E-state index in [1.165, 1.54) is 12.1 Å². The second kappa shape index (κ2) is 8.93. The van der Waals surface area contributed by atoms with Gasteiger partial charge in [0.2, 0.25) is 11.7 Å². The first-order valence-electron chi connectivity index (χ1n) is 9.08. The SMILES string of the molecule is CC(C)C(NC(=O)COc1ccccc1C(F)(F)F)c1nc(-c2cccnc2)no1. The van der Waals surface area contributed by atoms with Gasteiger partial charge in [-0.3, -0.25) is 9.78 Å². The normalized spacial score (nSPS) is 12.6. The van der Waals surface area contributed by atoms with Crippen molar-refractivity contribution in [3.05, 3.63) is 60.2 Å². The Balaban J connectivity index is 1.68. The van der Waals surface area contributed by atoms with Crippen LogP contribution >= 0.6 is 0 Å². The number of hydrogen-bond acceptors (Lipinski definition) is 6. The van der Waals surface area contributed by atoms with Crippen molar-refractivity contribution >= 4 is 5.91 Å². The van der Waals surface area contributed by atoms with E-state index in [1.807, 2.05) is 13.8 Å². The van der Waals surface area contributed by atoms with E-state index in [0.717, 1.165) is 12.1 Å².